The molecule has 0 aliphatic carbocycles. The lowest BCUT2D eigenvalue weighted by Gasteiger charge is -2.08. The first-order valence-electron chi connectivity index (χ1n) is 4.43. The molecule has 0 fully saturated rings. The highest BCUT2D eigenvalue weighted by atomic mass is 16.5. The molecule has 12 heavy (non-hydrogen) atoms. The monoisotopic (exact) mass is 169 g/mol. The van der Waals surface area contributed by atoms with Crippen LogP contribution in [0.5, 0.6) is 0 Å². The minimum atomic E-state index is 0.452. The molecule has 0 heterocycles. The van der Waals surface area contributed by atoms with Gasteiger partial charge in [-0.1, -0.05) is 5.92 Å². The van der Waals surface area contributed by atoms with Crippen LogP contribution in [0.2, 0.25) is 0 Å². The van der Waals surface area contributed by atoms with Gasteiger partial charge in [0.25, 0.3) is 0 Å². The van der Waals surface area contributed by atoms with Crippen molar-refractivity contribution < 1.29 is 4.74 Å². The van der Waals surface area contributed by atoms with E-state index in [-0.39, 0.29) is 0 Å². The maximum absolute atomic E-state index is 5.14. The highest BCUT2D eigenvalue weighted by molar-refractivity contribution is 4.82. The van der Waals surface area contributed by atoms with Crippen molar-refractivity contribution in [3.63, 3.8) is 0 Å². The number of unbranched alkanes of at least 4 members (excludes halogenated alkanes) is 2. The van der Waals surface area contributed by atoms with Crippen molar-refractivity contribution in [2.45, 2.75) is 19.3 Å². The molecule has 0 amide bonds. The summed E-state index contributed by atoms with van der Waals surface area (Å²) >= 11 is 0. The molecule has 0 radical (unpaired) electrons. The molecule has 0 N–H and O–H groups in total. The van der Waals surface area contributed by atoms with E-state index in [1.807, 2.05) is 0 Å². The molecule has 0 aliphatic rings. The topological polar surface area (TPSA) is 12.5 Å². The average Bonchev–Trinajstić information content (AvgIpc) is 2.02. The molecule has 0 aromatic heterocycles. The molecule has 70 valence electrons. The summed E-state index contributed by atoms with van der Waals surface area (Å²) in [4.78, 5) is 2.20. The lowest BCUT2D eigenvalue weighted by Crippen LogP contribution is -2.12. The van der Waals surface area contributed by atoms with Gasteiger partial charge in [-0.2, -0.15) is 0 Å². The number of rotatable bonds is 7. The zero-order valence-corrected chi connectivity index (χ0v) is 8.18. The predicted octanol–water partition coefficient (Wildman–Crippen LogP) is 1.37. The van der Waals surface area contributed by atoms with Crippen molar-refractivity contribution in [3.8, 4) is 12.3 Å². The average molecular weight is 169 g/mol. The fourth-order valence-corrected chi connectivity index (χ4v) is 0.940. The van der Waals surface area contributed by atoms with Crippen LogP contribution >= 0.6 is 0 Å². The fourth-order valence-electron chi connectivity index (χ4n) is 0.940. The smallest absolute Gasteiger partial charge is 0.107 e. The minimum Gasteiger partial charge on any atom is -0.369 e. The van der Waals surface area contributed by atoms with E-state index in [0.717, 1.165) is 19.6 Å². The van der Waals surface area contributed by atoms with Gasteiger partial charge in [0.2, 0.25) is 0 Å². The normalized spacial score (nSPS) is 10.2. The zero-order chi connectivity index (χ0) is 9.23. The second-order valence-corrected chi connectivity index (χ2v) is 3.12. The van der Waals surface area contributed by atoms with Crippen LogP contribution in [-0.4, -0.2) is 38.8 Å². The van der Waals surface area contributed by atoms with Crippen LogP contribution in [0.4, 0.5) is 0 Å². The van der Waals surface area contributed by atoms with Gasteiger partial charge in [0.15, 0.2) is 0 Å². The SMILES string of the molecule is C#CCOCCCCCN(C)C. The standard InChI is InChI=1S/C10H19NO/c1-4-9-12-10-7-5-6-8-11(2)3/h1H,5-10H2,2-3H3. The summed E-state index contributed by atoms with van der Waals surface area (Å²) < 4.78 is 5.14. The van der Waals surface area contributed by atoms with Crippen LogP contribution in [0, 0.1) is 12.3 Å². The van der Waals surface area contributed by atoms with E-state index in [0.29, 0.717) is 6.61 Å². The quantitative estimate of drug-likeness (QED) is 0.421. The van der Waals surface area contributed by atoms with Crippen LogP contribution in [0.1, 0.15) is 19.3 Å². The third-order valence-corrected chi connectivity index (χ3v) is 1.58. The summed E-state index contributed by atoms with van der Waals surface area (Å²) in [5, 5.41) is 0. The Morgan fingerprint density at radius 3 is 2.58 bits per heavy atom. The number of hydrogen-bond donors (Lipinski definition) is 0. The Bertz CT molecular complexity index is 126. The van der Waals surface area contributed by atoms with Gasteiger partial charge >= 0.3 is 0 Å². The summed E-state index contributed by atoms with van der Waals surface area (Å²) in [7, 11) is 4.18. The second kappa shape index (κ2) is 8.58. The Balaban J connectivity index is 2.87. The van der Waals surface area contributed by atoms with Gasteiger partial charge in [0, 0.05) is 6.61 Å². The van der Waals surface area contributed by atoms with Gasteiger partial charge in [0.05, 0.1) is 0 Å². The van der Waals surface area contributed by atoms with Gasteiger partial charge in [0.1, 0.15) is 6.61 Å². The van der Waals surface area contributed by atoms with Gasteiger partial charge in [-0.15, -0.1) is 6.42 Å². The molecule has 0 aromatic carbocycles. The number of ether oxygens (including phenoxy) is 1. The lowest BCUT2D eigenvalue weighted by atomic mass is 10.2. The van der Waals surface area contributed by atoms with Crippen LogP contribution < -0.4 is 0 Å². The second-order valence-electron chi connectivity index (χ2n) is 3.12. The van der Waals surface area contributed by atoms with Crippen LogP contribution in [0.3, 0.4) is 0 Å². The van der Waals surface area contributed by atoms with Crippen molar-refractivity contribution in [3.05, 3.63) is 0 Å². The van der Waals surface area contributed by atoms with Crippen LogP contribution in [0.15, 0.2) is 0 Å². The highest BCUT2D eigenvalue weighted by Gasteiger charge is 1.91. The molecular formula is C10H19NO. The van der Waals surface area contributed by atoms with Gasteiger partial charge < -0.3 is 9.64 Å². The van der Waals surface area contributed by atoms with Crippen molar-refractivity contribution in [1.29, 1.82) is 0 Å². The van der Waals surface area contributed by atoms with Crippen molar-refractivity contribution in [1.82, 2.24) is 4.90 Å². The van der Waals surface area contributed by atoms with Crippen LogP contribution in [-0.2, 0) is 4.74 Å². The molecule has 0 atom stereocenters. The molecule has 0 rings (SSSR count). The third kappa shape index (κ3) is 9.48. The van der Waals surface area contributed by atoms with E-state index < -0.39 is 0 Å². The predicted molar refractivity (Wildman–Crippen MR) is 52.1 cm³/mol. The molecule has 0 saturated carbocycles. The zero-order valence-electron chi connectivity index (χ0n) is 8.18. The summed E-state index contributed by atoms with van der Waals surface area (Å²) in [6, 6.07) is 0. The van der Waals surface area contributed by atoms with E-state index in [9.17, 15) is 0 Å². The maximum Gasteiger partial charge on any atom is 0.107 e. The molecule has 2 nitrogen and oxygen atoms in total. The third-order valence-electron chi connectivity index (χ3n) is 1.58. The first kappa shape index (κ1) is 11.5. The van der Waals surface area contributed by atoms with E-state index in [1.54, 1.807) is 0 Å². The number of terminal acetylenes is 1. The Hall–Kier alpha value is -0.520. The van der Waals surface area contributed by atoms with Crippen molar-refractivity contribution in [2.75, 3.05) is 33.9 Å². The summed E-state index contributed by atoms with van der Waals surface area (Å²) in [6.07, 6.45) is 8.62. The molecule has 0 bridgehead atoms. The first-order chi connectivity index (χ1) is 5.77. The number of hydrogen-bond acceptors (Lipinski definition) is 2. The summed E-state index contributed by atoms with van der Waals surface area (Å²) in [5.41, 5.74) is 0. The Morgan fingerprint density at radius 1 is 1.25 bits per heavy atom. The Morgan fingerprint density at radius 2 is 2.00 bits per heavy atom. The summed E-state index contributed by atoms with van der Waals surface area (Å²) in [6.45, 7) is 2.42. The largest absolute Gasteiger partial charge is 0.369 e. The molecular weight excluding hydrogens is 150 g/mol. The van der Waals surface area contributed by atoms with E-state index >= 15 is 0 Å². The van der Waals surface area contributed by atoms with Gasteiger partial charge in [-0.3, -0.25) is 0 Å². The Labute approximate surface area is 75.9 Å². The lowest BCUT2D eigenvalue weighted by molar-refractivity contribution is 0.161. The van der Waals surface area contributed by atoms with Crippen molar-refractivity contribution >= 4 is 0 Å². The molecule has 0 spiro atoms. The maximum atomic E-state index is 5.14. The van der Waals surface area contributed by atoms with Gasteiger partial charge in [-0.25, -0.2) is 0 Å². The Kier molecular flexibility index (Phi) is 8.20. The molecule has 0 aromatic rings. The fraction of sp³-hybridized carbons (Fsp3) is 0.800. The molecule has 0 aliphatic heterocycles. The molecule has 0 saturated heterocycles. The van der Waals surface area contributed by atoms with Crippen LogP contribution in [0.25, 0.3) is 0 Å². The van der Waals surface area contributed by atoms with Crippen molar-refractivity contribution in [2.24, 2.45) is 0 Å². The molecule has 0 unspecified atom stereocenters. The number of nitrogens with zero attached hydrogens (tertiary/aromatic N) is 1. The van der Waals surface area contributed by atoms with E-state index in [1.165, 1.54) is 12.8 Å². The minimum absolute atomic E-state index is 0.452. The highest BCUT2D eigenvalue weighted by Crippen LogP contribution is 1.96. The first-order valence-corrected chi connectivity index (χ1v) is 4.43. The summed E-state index contributed by atoms with van der Waals surface area (Å²) in [5.74, 6) is 2.45. The van der Waals surface area contributed by atoms with E-state index in [2.05, 4.69) is 24.9 Å². The molecule has 2 heteroatoms. The van der Waals surface area contributed by atoms with E-state index in [4.69, 9.17) is 11.2 Å². The van der Waals surface area contributed by atoms with Gasteiger partial charge in [-0.05, 0) is 39.9 Å².